The van der Waals surface area contributed by atoms with E-state index in [0.29, 0.717) is 27.4 Å². The van der Waals surface area contributed by atoms with Crippen LogP contribution in [0.5, 0.6) is 0 Å². The first kappa shape index (κ1) is 32.9. The first-order valence-electron chi connectivity index (χ1n) is 13.2. The fourth-order valence-corrected chi connectivity index (χ4v) is 5.57. The second kappa shape index (κ2) is 13.6. The number of carbonyl (C=O) groups excluding carboxylic acids is 2. The lowest BCUT2D eigenvalue weighted by molar-refractivity contribution is -0.139. The molecule has 0 unspecified atom stereocenters. The van der Waals surface area contributed by atoms with E-state index < -0.39 is 46.2 Å². The Labute approximate surface area is 249 Å². The summed E-state index contributed by atoms with van der Waals surface area (Å²) in [5.41, 5.74) is -0.0355. The molecule has 3 rings (SSSR count). The van der Waals surface area contributed by atoms with Crippen molar-refractivity contribution in [1.29, 1.82) is 0 Å². The maximum atomic E-state index is 13.9. The summed E-state index contributed by atoms with van der Waals surface area (Å²) in [7, 11) is -4.51. The van der Waals surface area contributed by atoms with E-state index in [-0.39, 0.29) is 23.2 Å². The number of sulfonamides is 1. The third-order valence-electron chi connectivity index (χ3n) is 6.78. The molecular formula is C30H33ClF3N3O4S. The molecule has 42 heavy (non-hydrogen) atoms. The van der Waals surface area contributed by atoms with Crippen molar-refractivity contribution < 1.29 is 31.2 Å². The van der Waals surface area contributed by atoms with E-state index in [2.05, 4.69) is 5.32 Å². The van der Waals surface area contributed by atoms with E-state index in [4.69, 9.17) is 11.6 Å². The Bertz CT molecular complexity index is 1500. The molecule has 12 heteroatoms. The Balaban J connectivity index is 2.08. The number of benzene rings is 3. The van der Waals surface area contributed by atoms with Crippen LogP contribution in [0.2, 0.25) is 5.02 Å². The molecule has 1 N–H and O–H groups in total. The molecule has 0 saturated carbocycles. The summed E-state index contributed by atoms with van der Waals surface area (Å²) >= 11 is 6.00. The molecule has 0 aliphatic carbocycles. The molecule has 3 aromatic carbocycles. The van der Waals surface area contributed by atoms with E-state index in [9.17, 15) is 31.2 Å². The van der Waals surface area contributed by atoms with Crippen LogP contribution in [0.25, 0.3) is 0 Å². The first-order chi connectivity index (χ1) is 19.6. The number of amides is 2. The van der Waals surface area contributed by atoms with Crippen LogP contribution in [0.3, 0.4) is 0 Å². The van der Waals surface area contributed by atoms with Gasteiger partial charge >= 0.3 is 6.18 Å². The molecule has 0 aliphatic rings. The molecule has 0 saturated heterocycles. The van der Waals surface area contributed by atoms with Crippen LogP contribution in [0.15, 0.2) is 77.7 Å². The minimum absolute atomic E-state index is 0.0773. The highest BCUT2D eigenvalue weighted by molar-refractivity contribution is 7.92. The number of anilines is 1. The third kappa shape index (κ3) is 8.25. The number of hydrogen-bond acceptors (Lipinski definition) is 4. The summed E-state index contributed by atoms with van der Waals surface area (Å²) in [4.78, 5) is 28.0. The Morgan fingerprint density at radius 1 is 0.976 bits per heavy atom. The van der Waals surface area contributed by atoms with Gasteiger partial charge in [-0.05, 0) is 75.2 Å². The summed E-state index contributed by atoms with van der Waals surface area (Å²) in [5.74, 6) is -1.25. The van der Waals surface area contributed by atoms with Crippen molar-refractivity contribution in [3.63, 3.8) is 0 Å². The van der Waals surface area contributed by atoms with E-state index in [1.54, 1.807) is 50.2 Å². The van der Waals surface area contributed by atoms with Crippen molar-refractivity contribution >= 4 is 39.1 Å². The number of rotatable bonds is 11. The van der Waals surface area contributed by atoms with Gasteiger partial charge in [0.25, 0.3) is 10.0 Å². The standard InChI is InChI=1S/C30H33ClF3N3O4S/c1-5-21(3)35-29(39)22(4)36(18-23-11-13-25(31)14-12-23)28(38)19-37(26-8-6-7-24(17-26)30(32,33)34)42(40,41)27-15-9-20(2)10-16-27/h6-17,21-22H,5,18-19H2,1-4H3,(H,35,39)/t21-,22-/m1/s1. The first-order valence-corrected chi connectivity index (χ1v) is 15.1. The number of nitrogens with zero attached hydrogens (tertiary/aromatic N) is 2. The van der Waals surface area contributed by atoms with Gasteiger partial charge in [-0.3, -0.25) is 13.9 Å². The van der Waals surface area contributed by atoms with E-state index >= 15 is 0 Å². The van der Waals surface area contributed by atoms with Crippen LogP contribution in [0.4, 0.5) is 18.9 Å². The average Bonchev–Trinajstić information content (AvgIpc) is 2.94. The Kier molecular flexibility index (Phi) is 10.7. The van der Waals surface area contributed by atoms with Crippen LogP contribution in [0.1, 0.15) is 43.9 Å². The predicted molar refractivity (Wildman–Crippen MR) is 157 cm³/mol. The highest BCUT2D eigenvalue weighted by atomic mass is 35.5. The monoisotopic (exact) mass is 623 g/mol. The smallest absolute Gasteiger partial charge is 0.352 e. The van der Waals surface area contributed by atoms with Crippen LogP contribution in [-0.4, -0.2) is 43.8 Å². The van der Waals surface area contributed by atoms with E-state index in [1.807, 2.05) is 6.92 Å². The fourth-order valence-electron chi connectivity index (χ4n) is 4.04. The molecule has 0 spiro atoms. The fraction of sp³-hybridized carbons (Fsp3) is 0.333. The summed E-state index contributed by atoms with van der Waals surface area (Å²) in [6, 6.07) is 14.8. The van der Waals surface area contributed by atoms with Crippen molar-refractivity contribution in [3.8, 4) is 0 Å². The molecule has 0 aliphatic heterocycles. The number of aryl methyl sites for hydroxylation is 1. The highest BCUT2D eigenvalue weighted by Gasteiger charge is 2.35. The van der Waals surface area contributed by atoms with Crippen molar-refractivity contribution in [3.05, 3.63) is 94.5 Å². The quantitative estimate of drug-likeness (QED) is 0.276. The van der Waals surface area contributed by atoms with E-state index in [0.717, 1.165) is 17.7 Å². The van der Waals surface area contributed by atoms with Crippen molar-refractivity contribution in [1.82, 2.24) is 10.2 Å². The van der Waals surface area contributed by atoms with Gasteiger partial charge in [0, 0.05) is 17.6 Å². The molecule has 0 bridgehead atoms. The third-order valence-corrected chi connectivity index (χ3v) is 8.82. The van der Waals surface area contributed by atoms with Crippen LogP contribution in [-0.2, 0) is 32.3 Å². The SMILES string of the molecule is CC[C@@H](C)NC(=O)[C@@H](C)N(Cc1ccc(Cl)cc1)C(=O)CN(c1cccc(C(F)(F)F)c1)S(=O)(=O)c1ccc(C)cc1. The summed E-state index contributed by atoms with van der Waals surface area (Å²) < 4.78 is 69.1. The topological polar surface area (TPSA) is 86.8 Å². The zero-order valence-electron chi connectivity index (χ0n) is 23.7. The Morgan fingerprint density at radius 2 is 1.60 bits per heavy atom. The van der Waals surface area contributed by atoms with Crippen LogP contribution < -0.4 is 9.62 Å². The van der Waals surface area contributed by atoms with Gasteiger partial charge in [0.1, 0.15) is 12.6 Å². The minimum atomic E-state index is -4.75. The molecule has 7 nitrogen and oxygen atoms in total. The van der Waals surface area contributed by atoms with Crippen LogP contribution >= 0.6 is 11.6 Å². The van der Waals surface area contributed by atoms with Gasteiger partial charge in [-0.25, -0.2) is 8.42 Å². The minimum Gasteiger partial charge on any atom is -0.352 e. The number of carbonyl (C=O) groups is 2. The molecule has 0 aromatic heterocycles. The lowest BCUT2D eigenvalue weighted by atomic mass is 10.1. The molecule has 0 heterocycles. The van der Waals surface area contributed by atoms with Gasteiger partial charge in [0.05, 0.1) is 16.1 Å². The molecule has 0 radical (unpaired) electrons. The lowest BCUT2D eigenvalue weighted by Crippen LogP contribution is -2.52. The number of nitrogens with one attached hydrogen (secondary N) is 1. The van der Waals surface area contributed by atoms with Gasteiger partial charge < -0.3 is 10.2 Å². The summed E-state index contributed by atoms with van der Waals surface area (Å²) in [5, 5.41) is 3.28. The second-order valence-electron chi connectivity index (χ2n) is 10.0. The largest absolute Gasteiger partial charge is 0.416 e. The number of hydrogen-bond donors (Lipinski definition) is 1. The highest BCUT2D eigenvalue weighted by Crippen LogP contribution is 2.33. The van der Waals surface area contributed by atoms with Gasteiger partial charge in [0.2, 0.25) is 11.8 Å². The molecule has 3 aromatic rings. The zero-order valence-corrected chi connectivity index (χ0v) is 25.2. The Morgan fingerprint density at radius 3 is 2.17 bits per heavy atom. The maximum Gasteiger partial charge on any atom is 0.416 e. The van der Waals surface area contributed by atoms with Crippen molar-refractivity contribution in [2.24, 2.45) is 0 Å². The van der Waals surface area contributed by atoms with Gasteiger partial charge in [-0.2, -0.15) is 13.2 Å². The summed E-state index contributed by atoms with van der Waals surface area (Å²) in [6.45, 7) is 6.02. The number of alkyl halides is 3. The average molecular weight is 624 g/mol. The van der Waals surface area contributed by atoms with Gasteiger partial charge in [-0.1, -0.05) is 54.4 Å². The van der Waals surface area contributed by atoms with E-state index in [1.165, 1.54) is 30.0 Å². The molecule has 0 fully saturated rings. The normalized spacial score (nSPS) is 13.2. The number of halogens is 4. The molecule has 2 amide bonds. The Hall–Kier alpha value is -3.57. The molecule has 2 atom stereocenters. The van der Waals surface area contributed by atoms with Gasteiger partial charge in [-0.15, -0.1) is 0 Å². The zero-order chi connectivity index (χ0) is 31.2. The molecular weight excluding hydrogens is 591 g/mol. The van der Waals surface area contributed by atoms with Crippen molar-refractivity contribution in [2.75, 3.05) is 10.8 Å². The second-order valence-corrected chi connectivity index (χ2v) is 12.3. The maximum absolute atomic E-state index is 13.9. The predicted octanol–water partition coefficient (Wildman–Crippen LogP) is 6.19. The molecule has 226 valence electrons. The van der Waals surface area contributed by atoms with Crippen LogP contribution in [0, 0.1) is 6.92 Å². The van der Waals surface area contributed by atoms with Crippen molar-refractivity contribution in [2.45, 2.75) is 63.8 Å². The summed E-state index contributed by atoms with van der Waals surface area (Å²) in [6.07, 6.45) is -4.11. The lowest BCUT2D eigenvalue weighted by Gasteiger charge is -2.32. The van der Waals surface area contributed by atoms with Gasteiger partial charge in [0.15, 0.2) is 0 Å².